The van der Waals surface area contributed by atoms with E-state index in [1.54, 1.807) is 11.6 Å². The molecule has 0 aliphatic rings. The van der Waals surface area contributed by atoms with Gasteiger partial charge in [-0.25, -0.2) is 4.98 Å². The number of benzene rings is 2. The van der Waals surface area contributed by atoms with Gasteiger partial charge in [0.05, 0.1) is 5.52 Å². The SMILES string of the molecule is Cn1c(=O)c2nc(-c3ccc(Br)cc3)oc2c2ccccc21. The minimum absolute atomic E-state index is 0.152. The van der Waals surface area contributed by atoms with Crippen LogP contribution < -0.4 is 5.56 Å². The maximum atomic E-state index is 12.5. The monoisotopic (exact) mass is 354 g/mol. The lowest BCUT2D eigenvalue weighted by atomic mass is 10.2. The van der Waals surface area contributed by atoms with Crippen molar-refractivity contribution in [3.05, 3.63) is 63.4 Å². The molecule has 5 heteroatoms. The van der Waals surface area contributed by atoms with E-state index >= 15 is 0 Å². The summed E-state index contributed by atoms with van der Waals surface area (Å²) >= 11 is 3.40. The summed E-state index contributed by atoms with van der Waals surface area (Å²) in [6, 6.07) is 15.3. The maximum absolute atomic E-state index is 12.5. The van der Waals surface area contributed by atoms with Crippen LogP contribution in [0.2, 0.25) is 0 Å². The summed E-state index contributed by atoms with van der Waals surface area (Å²) in [7, 11) is 1.75. The van der Waals surface area contributed by atoms with Crippen LogP contribution in [0.4, 0.5) is 0 Å². The van der Waals surface area contributed by atoms with Crippen molar-refractivity contribution in [3.8, 4) is 11.5 Å². The molecule has 0 unspecified atom stereocenters. The molecule has 0 spiro atoms. The van der Waals surface area contributed by atoms with Gasteiger partial charge >= 0.3 is 0 Å². The van der Waals surface area contributed by atoms with Crippen molar-refractivity contribution >= 4 is 37.9 Å². The van der Waals surface area contributed by atoms with Crippen LogP contribution in [0.1, 0.15) is 0 Å². The summed E-state index contributed by atoms with van der Waals surface area (Å²) < 4.78 is 8.49. The molecule has 4 nitrogen and oxygen atoms in total. The zero-order valence-electron chi connectivity index (χ0n) is 11.7. The first-order valence-electron chi connectivity index (χ1n) is 6.79. The number of pyridine rings is 1. The van der Waals surface area contributed by atoms with E-state index in [-0.39, 0.29) is 5.56 Å². The van der Waals surface area contributed by atoms with Gasteiger partial charge in [0.1, 0.15) is 0 Å². The number of rotatable bonds is 1. The summed E-state index contributed by atoms with van der Waals surface area (Å²) in [5.74, 6) is 0.455. The molecule has 0 radical (unpaired) electrons. The Morgan fingerprint density at radius 1 is 1.09 bits per heavy atom. The lowest BCUT2D eigenvalue weighted by Gasteiger charge is -2.03. The Balaban J connectivity index is 2.09. The Bertz CT molecular complexity index is 1060. The van der Waals surface area contributed by atoms with Gasteiger partial charge in [0, 0.05) is 22.5 Å². The first-order valence-corrected chi connectivity index (χ1v) is 7.58. The highest BCUT2D eigenvalue weighted by Gasteiger charge is 2.16. The molecule has 0 atom stereocenters. The number of hydrogen-bond donors (Lipinski definition) is 0. The largest absolute Gasteiger partial charge is 0.435 e. The van der Waals surface area contributed by atoms with E-state index in [9.17, 15) is 4.79 Å². The highest BCUT2D eigenvalue weighted by molar-refractivity contribution is 9.10. The number of aryl methyl sites for hydroxylation is 1. The summed E-state index contributed by atoms with van der Waals surface area (Å²) in [5.41, 5.74) is 2.42. The first kappa shape index (κ1) is 13.3. The number of hydrogen-bond acceptors (Lipinski definition) is 3. The van der Waals surface area contributed by atoms with Gasteiger partial charge in [-0.2, -0.15) is 0 Å². The zero-order valence-corrected chi connectivity index (χ0v) is 13.3. The molecule has 2 heterocycles. The van der Waals surface area contributed by atoms with Crippen molar-refractivity contribution in [2.24, 2.45) is 7.05 Å². The molecule has 0 bridgehead atoms. The van der Waals surface area contributed by atoms with Crippen LogP contribution >= 0.6 is 15.9 Å². The quantitative estimate of drug-likeness (QED) is 0.516. The second-order valence-electron chi connectivity index (χ2n) is 5.08. The van der Waals surface area contributed by atoms with E-state index in [0.29, 0.717) is 17.0 Å². The molecular weight excluding hydrogens is 344 g/mol. The van der Waals surface area contributed by atoms with Crippen LogP contribution in [-0.4, -0.2) is 9.55 Å². The van der Waals surface area contributed by atoms with Crippen LogP contribution in [0.15, 0.2) is 62.2 Å². The number of nitrogens with zero attached hydrogens (tertiary/aromatic N) is 2. The van der Waals surface area contributed by atoms with E-state index in [1.807, 2.05) is 48.5 Å². The molecule has 2 aromatic heterocycles. The normalized spacial score (nSPS) is 11.4. The molecule has 0 fully saturated rings. The summed E-state index contributed by atoms with van der Waals surface area (Å²) in [6.45, 7) is 0. The molecule has 0 amide bonds. The van der Waals surface area contributed by atoms with Gasteiger partial charge in [0.2, 0.25) is 5.89 Å². The Labute approximate surface area is 134 Å². The molecular formula is C17H11BrN2O2. The van der Waals surface area contributed by atoms with Crippen LogP contribution in [0.5, 0.6) is 0 Å². The number of halogens is 1. The average molecular weight is 355 g/mol. The van der Waals surface area contributed by atoms with Gasteiger partial charge in [-0.1, -0.05) is 28.1 Å². The summed E-state index contributed by atoms with van der Waals surface area (Å²) in [5, 5.41) is 0.885. The second kappa shape index (κ2) is 4.81. The third kappa shape index (κ3) is 1.89. The third-order valence-electron chi connectivity index (χ3n) is 3.74. The molecule has 2 aromatic carbocycles. The lowest BCUT2D eigenvalue weighted by molar-refractivity contribution is 0.622. The van der Waals surface area contributed by atoms with Crippen molar-refractivity contribution in [2.75, 3.05) is 0 Å². The molecule has 4 aromatic rings. The van der Waals surface area contributed by atoms with Crippen molar-refractivity contribution in [3.63, 3.8) is 0 Å². The number of aromatic nitrogens is 2. The zero-order chi connectivity index (χ0) is 15.3. The van der Waals surface area contributed by atoms with Gasteiger partial charge in [-0.15, -0.1) is 0 Å². The van der Waals surface area contributed by atoms with Gasteiger partial charge in [-0.3, -0.25) is 4.79 Å². The van der Waals surface area contributed by atoms with E-state index in [2.05, 4.69) is 20.9 Å². The highest BCUT2D eigenvalue weighted by Crippen LogP contribution is 2.28. The summed E-state index contributed by atoms with van der Waals surface area (Å²) in [4.78, 5) is 16.9. The van der Waals surface area contributed by atoms with Crippen LogP contribution in [0, 0.1) is 0 Å². The van der Waals surface area contributed by atoms with Gasteiger partial charge in [-0.05, 0) is 36.4 Å². The molecule has 0 N–H and O–H groups in total. The Morgan fingerprint density at radius 3 is 2.59 bits per heavy atom. The smallest absolute Gasteiger partial charge is 0.280 e. The van der Waals surface area contributed by atoms with Crippen LogP contribution in [-0.2, 0) is 7.05 Å². The van der Waals surface area contributed by atoms with Crippen molar-refractivity contribution in [1.82, 2.24) is 9.55 Å². The Morgan fingerprint density at radius 2 is 1.82 bits per heavy atom. The predicted molar refractivity (Wildman–Crippen MR) is 89.9 cm³/mol. The molecule has 0 aliphatic carbocycles. The number of fused-ring (bicyclic) bond motifs is 3. The van der Waals surface area contributed by atoms with Crippen LogP contribution in [0.25, 0.3) is 33.5 Å². The summed E-state index contributed by atoms with van der Waals surface area (Å²) in [6.07, 6.45) is 0. The van der Waals surface area contributed by atoms with Crippen molar-refractivity contribution in [2.45, 2.75) is 0 Å². The van der Waals surface area contributed by atoms with Crippen LogP contribution in [0.3, 0.4) is 0 Å². The minimum atomic E-state index is -0.152. The van der Waals surface area contributed by atoms with Gasteiger partial charge in [0.15, 0.2) is 11.1 Å². The van der Waals surface area contributed by atoms with Gasteiger partial charge in [0.25, 0.3) is 5.56 Å². The predicted octanol–water partition coefficient (Wildman–Crippen LogP) is 4.11. The lowest BCUT2D eigenvalue weighted by Crippen LogP contribution is -2.17. The van der Waals surface area contributed by atoms with Gasteiger partial charge < -0.3 is 8.98 Å². The minimum Gasteiger partial charge on any atom is -0.435 e. The van der Waals surface area contributed by atoms with Crippen molar-refractivity contribution in [1.29, 1.82) is 0 Å². The first-order chi connectivity index (χ1) is 10.6. The van der Waals surface area contributed by atoms with E-state index in [1.165, 1.54) is 0 Å². The molecule has 0 aliphatic heterocycles. The molecule has 0 saturated carbocycles. The maximum Gasteiger partial charge on any atom is 0.280 e. The van der Waals surface area contributed by atoms with Crippen molar-refractivity contribution < 1.29 is 4.42 Å². The topological polar surface area (TPSA) is 48.0 Å². The van der Waals surface area contributed by atoms with E-state index < -0.39 is 0 Å². The molecule has 4 rings (SSSR count). The molecule has 108 valence electrons. The fourth-order valence-electron chi connectivity index (χ4n) is 2.59. The Hall–Kier alpha value is -2.40. The standard InChI is InChI=1S/C17H11BrN2O2/c1-20-13-5-3-2-4-12(13)15-14(17(20)21)19-16(22-15)10-6-8-11(18)9-7-10/h2-9H,1H3. The second-order valence-corrected chi connectivity index (χ2v) is 6.00. The highest BCUT2D eigenvalue weighted by atomic mass is 79.9. The average Bonchev–Trinajstić information content (AvgIpc) is 2.99. The fraction of sp³-hybridized carbons (Fsp3) is 0.0588. The fourth-order valence-corrected chi connectivity index (χ4v) is 2.85. The number of para-hydroxylation sites is 1. The Kier molecular flexibility index (Phi) is 2.90. The number of oxazole rings is 1. The van der Waals surface area contributed by atoms with E-state index in [0.717, 1.165) is 20.9 Å². The third-order valence-corrected chi connectivity index (χ3v) is 4.26. The molecule has 0 saturated heterocycles. The molecule has 22 heavy (non-hydrogen) atoms. The van der Waals surface area contributed by atoms with E-state index in [4.69, 9.17) is 4.42 Å².